The van der Waals surface area contributed by atoms with E-state index in [1.807, 2.05) is 18.2 Å². The minimum Gasteiger partial charge on any atom is -0.496 e. The summed E-state index contributed by atoms with van der Waals surface area (Å²) in [4.78, 5) is 13.0. The molecule has 2 rings (SSSR count). The smallest absolute Gasteiger partial charge is 0.328 e. The van der Waals surface area contributed by atoms with Crippen LogP contribution in [0.15, 0.2) is 24.3 Å². The van der Waals surface area contributed by atoms with Crippen LogP contribution < -0.4 is 4.74 Å². The van der Waals surface area contributed by atoms with Crippen LogP contribution in [-0.4, -0.2) is 36.2 Å². The van der Waals surface area contributed by atoms with E-state index < -0.39 is 5.97 Å². The van der Waals surface area contributed by atoms with Crippen molar-refractivity contribution in [3.05, 3.63) is 35.4 Å². The highest BCUT2D eigenvalue weighted by Crippen LogP contribution is 2.23. The first-order valence-electron chi connectivity index (χ1n) is 6.99. The fourth-order valence-corrected chi connectivity index (χ4v) is 2.55. The van der Waals surface area contributed by atoms with E-state index in [9.17, 15) is 4.79 Å². The lowest BCUT2D eigenvalue weighted by molar-refractivity contribution is -0.131. The average Bonchev–Trinajstić information content (AvgIpc) is 2.46. The van der Waals surface area contributed by atoms with Crippen LogP contribution >= 0.6 is 0 Å². The molecule has 0 radical (unpaired) electrons. The molecule has 0 aliphatic carbocycles. The van der Waals surface area contributed by atoms with Crippen LogP contribution in [0, 0.1) is 0 Å². The standard InChI is InChI=1S/C16H21NO3/c1-20-15-7-5-13(6-8-16(18)19)11-14(15)12-17-9-3-2-4-10-17/h5-8,11H,2-4,9-10,12H2,1H3,(H,18,19). The Kier molecular flexibility index (Phi) is 5.18. The fourth-order valence-electron chi connectivity index (χ4n) is 2.55. The molecule has 1 aromatic carbocycles. The summed E-state index contributed by atoms with van der Waals surface area (Å²) in [5, 5.41) is 8.69. The molecule has 4 heteroatoms. The Hall–Kier alpha value is -1.81. The van der Waals surface area contributed by atoms with E-state index in [4.69, 9.17) is 9.84 Å². The molecule has 0 unspecified atom stereocenters. The number of hydrogen-bond acceptors (Lipinski definition) is 3. The number of piperidine rings is 1. The van der Waals surface area contributed by atoms with E-state index in [1.54, 1.807) is 13.2 Å². The van der Waals surface area contributed by atoms with Gasteiger partial charge in [0, 0.05) is 18.2 Å². The maximum Gasteiger partial charge on any atom is 0.328 e. The van der Waals surface area contributed by atoms with Crippen LogP contribution in [0.4, 0.5) is 0 Å². The van der Waals surface area contributed by atoms with Gasteiger partial charge in [-0.1, -0.05) is 12.5 Å². The largest absolute Gasteiger partial charge is 0.496 e. The van der Waals surface area contributed by atoms with Crippen molar-refractivity contribution >= 4 is 12.0 Å². The number of benzene rings is 1. The van der Waals surface area contributed by atoms with Crippen molar-refractivity contribution in [2.24, 2.45) is 0 Å². The van der Waals surface area contributed by atoms with Gasteiger partial charge in [0.2, 0.25) is 0 Å². The van der Waals surface area contributed by atoms with E-state index in [2.05, 4.69) is 4.90 Å². The van der Waals surface area contributed by atoms with Gasteiger partial charge in [0.15, 0.2) is 0 Å². The van der Waals surface area contributed by atoms with Crippen molar-refractivity contribution < 1.29 is 14.6 Å². The van der Waals surface area contributed by atoms with Gasteiger partial charge in [-0.15, -0.1) is 0 Å². The maximum atomic E-state index is 10.6. The fraction of sp³-hybridized carbons (Fsp3) is 0.438. The first-order chi connectivity index (χ1) is 9.69. The monoisotopic (exact) mass is 275 g/mol. The van der Waals surface area contributed by atoms with Crippen molar-refractivity contribution in [3.8, 4) is 5.75 Å². The summed E-state index contributed by atoms with van der Waals surface area (Å²) in [6, 6.07) is 5.78. The number of rotatable bonds is 5. The van der Waals surface area contributed by atoms with Crippen LogP contribution in [0.25, 0.3) is 6.08 Å². The Morgan fingerprint density at radius 1 is 1.35 bits per heavy atom. The van der Waals surface area contributed by atoms with E-state index in [-0.39, 0.29) is 0 Å². The minimum atomic E-state index is -0.932. The molecule has 1 aromatic rings. The molecule has 1 heterocycles. The normalized spacial score (nSPS) is 16.4. The third-order valence-corrected chi connectivity index (χ3v) is 3.57. The maximum absolute atomic E-state index is 10.6. The van der Waals surface area contributed by atoms with E-state index in [0.717, 1.165) is 42.6 Å². The number of likely N-dealkylation sites (tertiary alicyclic amines) is 1. The Morgan fingerprint density at radius 3 is 2.75 bits per heavy atom. The van der Waals surface area contributed by atoms with Crippen LogP contribution in [0.2, 0.25) is 0 Å². The second-order valence-electron chi connectivity index (χ2n) is 5.08. The van der Waals surface area contributed by atoms with Crippen molar-refractivity contribution in [1.29, 1.82) is 0 Å². The predicted molar refractivity (Wildman–Crippen MR) is 78.8 cm³/mol. The summed E-state index contributed by atoms with van der Waals surface area (Å²) in [6.45, 7) is 3.11. The number of ether oxygens (including phenoxy) is 1. The number of nitrogens with zero attached hydrogens (tertiary/aromatic N) is 1. The number of carboxylic acid groups (broad SMARTS) is 1. The van der Waals surface area contributed by atoms with Crippen molar-refractivity contribution in [2.45, 2.75) is 25.8 Å². The molecular formula is C16H21NO3. The van der Waals surface area contributed by atoms with E-state index in [0.29, 0.717) is 0 Å². The number of methoxy groups -OCH3 is 1. The molecule has 1 aliphatic heterocycles. The van der Waals surface area contributed by atoms with Gasteiger partial charge in [-0.3, -0.25) is 4.90 Å². The zero-order valence-electron chi connectivity index (χ0n) is 11.8. The summed E-state index contributed by atoms with van der Waals surface area (Å²) in [5.74, 6) is -0.0681. The van der Waals surface area contributed by atoms with Crippen molar-refractivity contribution in [2.75, 3.05) is 20.2 Å². The first kappa shape index (κ1) is 14.6. The van der Waals surface area contributed by atoms with Gasteiger partial charge in [0.1, 0.15) is 5.75 Å². The molecule has 1 N–H and O–H groups in total. The lowest BCUT2D eigenvalue weighted by Gasteiger charge is -2.27. The second kappa shape index (κ2) is 7.10. The minimum absolute atomic E-state index is 0.859. The predicted octanol–water partition coefficient (Wildman–Crippen LogP) is 2.78. The van der Waals surface area contributed by atoms with Gasteiger partial charge in [-0.05, 0) is 49.7 Å². The third-order valence-electron chi connectivity index (χ3n) is 3.57. The van der Waals surface area contributed by atoms with Crippen LogP contribution in [0.5, 0.6) is 5.75 Å². The Morgan fingerprint density at radius 2 is 2.10 bits per heavy atom. The lowest BCUT2D eigenvalue weighted by Crippen LogP contribution is -2.29. The topological polar surface area (TPSA) is 49.8 Å². The summed E-state index contributed by atoms with van der Waals surface area (Å²) in [5.41, 5.74) is 2.00. The number of carbonyl (C=O) groups is 1. The molecule has 0 aromatic heterocycles. The first-order valence-corrected chi connectivity index (χ1v) is 6.99. The highest BCUT2D eigenvalue weighted by atomic mass is 16.5. The third kappa shape index (κ3) is 4.10. The van der Waals surface area contributed by atoms with E-state index in [1.165, 1.54) is 19.3 Å². The Bertz CT molecular complexity index is 490. The molecule has 20 heavy (non-hydrogen) atoms. The average molecular weight is 275 g/mol. The number of hydrogen-bond donors (Lipinski definition) is 1. The molecule has 0 saturated carbocycles. The summed E-state index contributed by atoms with van der Waals surface area (Å²) in [7, 11) is 1.67. The van der Waals surface area contributed by atoms with Gasteiger partial charge in [-0.25, -0.2) is 4.79 Å². The van der Waals surface area contributed by atoms with Crippen LogP contribution in [0.1, 0.15) is 30.4 Å². The SMILES string of the molecule is COc1ccc(C=CC(=O)O)cc1CN1CCCCC1. The van der Waals surface area contributed by atoms with Gasteiger partial charge < -0.3 is 9.84 Å². The van der Waals surface area contributed by atoms with Crippen LogP contribution in [-0.2, 0) is 11.3 Å². The van der Waals surface area contributed by atoms with Crippen LogP contribution in [0.3, 0.4) is 0 Å². The quantitative estimate of drug-likeness (QED) is 0.839. The molecule has 1 fully saturated rings. The summed E-state index contributed by atoms with van der Waals surface area (Å²) < 4.78 is 5.40. The molecule has 0 amide bonds. The molecule has 4 nitrogen and oxygen atoms in total. The van der Waals surface area contributed by atoms with E-state index >= 15 is 0 Å². The van der Waals surface area contributed by atoms with Gasteiger partial charge >= 0.3 is 5.97 Å². The second-order valence-corrected chi connectivity index (χ2v) is 5.08. The highest BCUT2D eigenvalue weighted by Gasteiger charge is 2.13. The van der Waals surface area contributed by atoms with Crippen molar-refractivity contribution in [1.82, 2.24) is 4.90 Å². The molecule has 0 bridgehead atoms. The summed E-state index contributed by atoms with van der Waals surface area (Å²) >= 11 is 0. The zero-order chi connectivity index (χ0) is 14.4. The van der Waals surface area contributed by atoms with Gasteiger partial charge in [-0.2, -0.15) is 0 Å². The lowest BCUT2D eigenvalue weighted by atomic mass is 10.1. The van der Waals surface area contributed by atoms with Crippen molar-refractivity contribution in [3.63, 3.8) is 0 Å². The number of aliphatic carboxylic acids is 1. The molecule has 108 valence electrons. The number of carboxylic acids is 1. The van der Waals surface area contributed by atoms with Gasteiger partial charge in [0.25, 0.3) is 0 Å². The summed E-state index contributed by atoms with van der Waals surface area (Å²) in [6.07, 6.45) is 6.59. The molecule has 1 aliphatic rings. The molecule has 0 atom stereocenters. The van der Waals surface area contributed by atoms with Gasteiger partial charge in [0.05, 0.1) is 7.11 Å². The molecular weight excluding hydrogens is 254 g/mol. The highest BCUT2D eigenvalue weighted by molar-refractivity contribution is 5.85. The molecule has 1 saturated heterocycles. The Balaban J connectivity index is 2.15. The zero-order valence-corrected chi connectivity index (χ0v) is 11.8. The Labute approximate surface area is 119 Å². The molecule has 0 spiro atoms.